The Kier molecular flexibility index (Phi) is 6.22. The van der Waals surface area contributed by atoms with Crippen molar-refractivity contribution in [2.45, 2.75) is 26.7 Å². The fourth-order valence-corrected chi connectivity index (χ4v) is 4.93. The largest absolute Gasteiger partial charge is 0.343 e. The molecule has 2 aliphatic heterocycles. The van der Waals surface area contributed by atoms with Gasteiger partial charge in [-0.1, -0.05) is 12.1 Å². The minimum Gasteiger partial charge on any atom is -0.343 e. The first-order valence-electron chi connectivity index (χ1n) is 12.3. The van der Waals surface area contributed by atoms with E-state index in [2.05, 4.69) is 9.97 Å². The summed E-state index contributed by atoms with van der Waals surface area (Å²) in [5.74, 6) is -1.36. The topological polar surface area (TPSA) is 104 Å². The Bertz CT molecular complexity index is 1310. The standard InChI is InChI=1S/C27H27N5O4/c1-3-30(4-2)25(34)18-8-7-15-31(16-18)24(33)17-11-13-19(14-12-17)32-26(35)22-23(27(32)36)29-21-10-6-5-9-20(21)28-22/h5-6,9-14,18H,3-4,7-8,15-16H2,1-2H3/t18-/m0/s1. The maximum Gasteiger partial charge on any atom is 0.286 e. The van der Waals surface area contributed by atoms with Gasteiger partial charge in [-0.3, -0.25) is 19.2 Å². The third kappa shape index (κ3) is 4.00. The van der Waals surface area contributed by atoms with Crippen LogP contribution in [-0.2, 0) is 4.79 Å². The SMILES string of the molecule is CCN(CC)C(=O)[C@H]1CCCN(C(=O)c2ccc(N3C(=O)c4nc5ccccc5nc4C3=O)cc2)C1. The Labute approximate surface area is 208 Å². The number of imide groups is 1. The maximum atomic E-state index is 13.2. The average molecular weight is 486 g/mol. The number of piperidine rings is 1. The Morgan fingerprint density at radius 1 is 0.917 bits per heavy atom. The summed E-state index contributed by atoms with van der Waals surface area (Å²) in [5.41, 5.74) is 1.91. The first-order chi connectivity index (χ1) is 17.4. The van der Waals surface area contributed by atoms with Crippen LogP contribution in [0.1, 0.15) is 58.0 Å². The molecule has 0 saturated carbocycles. The second-order valence-corrected chi connectivity index (χ2v) is 9.00. The molecule has 2 aliphatic rings. The number of likely N-dealkylation sites (tertiary alicyclic amines) is 1. The van der Waals surface area contributed by atoms with Gasteiger partial charge in [0.05, 0.1) is 22.6 Å². The molecule has 1 atom stereocenters. The fourth-order valence-electron chi connectivity index (χ4n) is 4.93. The third-order valence-corrected chi connectivity index (χ3v) is 6.89. The molecule has 1 aromatic heterocycles. The number of aromatic nitrogens is 2. The lowest BCUT2D eigenvalue weighted by Gasteiger charge is -2.34. The number of hydrogen-bond acceptors (Lipinski definition) is 6. The van der Waals surface area contributed by atoms with Gasteiger partial charge >= 0.3 is 0 Å². The van der Waals surface area contributed by atoms with Crippen molar-refractivity contribution in [3.05, 3.63) is 65.5 Å². The average Bonchev–Trinajstić information content (AvgIpc) is 3.16. The van der Waals surface area contributed by atoms with Crippen LogP contribution >= 0.6 is 0 Å². The lowest BCUT2D eigenvalue weighted by Crippen LogP contribution is -2.46. The molecule has 3 aromatic rings. The highest BCUT2D eigenvalue weighted by molar-refractivity contribution is 6.33. The van der Waals surface area contributed by atoms with Crippen LogP contribution in [0.3, 0.4) is 0 Å². The van der Waals surface area contributed by atoms with Gasteiger partial charge < -0.3 is 9.80 Å². The van der Waals surface area contributed by atoms with Gasteiger partial charge in [0.1, 0.15) is 0 Å². The summed E-state index contributed by atoms with van der Waals surface area (Å²) in [6.07, 6.45) is 1.54. The first-order valence-corrected chi connectivity index (χ1v) is 12.3. The number of rotatable bonds is 5. The first kappa shape index (κ1) is 23.6. The van der Waals surface area contributed by atoms with Crippen LogP contribution < -0.4 is 4.90 Å². The number of para-hydroxylation sites is 2. The predicted molar refractivity (Wildman–Crippen MR) is 134 cm³/mol. The minimum atomic E-state index is -0.541. The van der Waals surface area contributed by atoms with Crippen molar-refractivity contribution >= 4 is 40.3 Å². The molecule has 0 unspecified atom stereocenters. The molecule has 5 rings (SSSR count). The lowest BCUT2D eigenvalue weighted by atomic mass is 9.95. The third-order valence-electron chi connectivity index (χ3n) is 6.89. The molecule has 0 aliphatic carbocycles. The molecule has 4 amide bonds. The van der Waals surface area contributed by atoms with Gasteiger partial charge in [-0.25, -0.2) is 14.9 Å². The maximum absolute atomic E-state index is 13.2. The van der Waals surface area contributed by atoms with E-state index in [1.807, 2.05) is 18.7 Å². The van der Waals surface area contributed by atoms with Crippen molar-refractivity contribution in [2.24, 2.45) is 5.92 Å². The number of fused-ring (bicyclic) bond motifs is 2. The normalized spacial score (nSPS) is 17.4. The quantitative estimate of drug-likeness (QED) is 0.515. The van der Waals surface area contributed by atoms with Crippen molar-refractivity contribution in [1.82, 2.24) is 19.8 Å². The van der Waals surface area contributed by atoms with Crippen molar-refractivity contribution in [1.29, 1.82) is 0 Å². The molecular weight excluding hydrogens is 458 g/mol. The molecule has 184 valence electrons. The van der Waals surface area contributed by atoms with Gasteiger partial charge in [0.25, 0.3) is 17.7 Å². The summed E-state index contributed by atoms with van der Waals surface area (Å²) in [6.45, 7) is 6.19. The molecule has 1 saturated heterocycles. The molecule has 0 N–H and O–H groups in total. The molecule has 3 heterocycles. The zero-order valence-electron chi connectivity index (χ0n) is 20.3. The monoisotopic (exact) mass is 485 g/mol. The fraction of sp³-hybridized carbons (Fsp3) is 0.333. The highest BCUT2D eigenvalue weighted by atomic mass is 16.2. The van der Waals surface area contributed by atoms with Crippen LogP contribution in [0.5, 0.6) is 0 Å². The van der Waals surface area contributed by atoms with Crippen molar-refractivity contribution < 1.29 is 19.2 Å². The van der Waals surface area contributed by atoms with E-state index < -0.39 is 11.8 Å². The smallest absolute Gasteiger partial charge is 0.286 e. The van der Waals surface area contributed by atoms with Crippen LogP contribution in [0.25, 0.3) is 11.0 Å². The number of carbonyl (C=O) groups is 4. The number of amides is 4. The van der Waals surface area contributed by atoms with E-state index in [1.54, 1.807) is 53.4 Å². The summed E-state index contributed by atoms with van der Waals surface area (Å²) >= 11 is 0. The Morgan fingerprint density at radius 3 is 2.06 bits per heavy atom. The second kappa shape index (κ2) is 9.49. The number of nitrogens with zero attached hydrogens (tertiary/aromatic N) is 5. The van der Waals surface area contributed by atoms with E-state index in [4.69, 9.17) is 0 Å². The summed E-state index contributed by atoms with van der Waals surface area (Å²) < 4.78 is 0. The summed E-state index contributed by atoms with van der Waals surface area (Å²) in [7, 11) is 0. The number of benzene rings is 2. The predicted octanol–water partition coefficient (Wildman–Crippen LogP) is 3.15. The van der Waals surface area contributed by atoms with E-state index in [0.717, 1.165) is 17.7 Å². The summed E-state index contributed by atoms with van der Waals surface area (Å²) in [5, 5.41) is 0. The number of carbonyl (C=O) groups excluding carboxylic acids is 4. The van der Waals surface area contributed by atoms with Gasteiger partial charge in [0, 0.05) is 31.7 Å². The second-order valence-electron chi connectivity index (χ2n) is 9.00. The summed E-state index contributed by atoms with van der Waals surface area (Å²) in [4.78, 5) is 65.3. The molecular formula is C27H27N5O4. The van der Waals surface area contributed by atoms with E-state index in [1.165, 1.54) is 0 Å². The molecule has 9 nitrogen and oxygen atoms in total. The van der Waals surface area contributed by atoms with Gasteiger partial charge in [0.2, 0.25) is 5.91 Å². The Hall–Kier alpha value is -4.14. The van der Waals surface area contributed by atoms with Crippen molar-refractivity contribution in [2.75, 3.05) is 31.1 Å². The highest BCUT2D eigenvalue weighted by Crippen LogP contribution is 2.28. The Morgan fingerprint density at radius 2 is 1.50 bits per heavy atom. The molecule has 0 spiro atoms. The van der Waals surface area contributed by atoms with Crippen LogP contribution in [0.2, 0.25) is 0 Å². The van der Waals surface area contributed by atoms with Crippen molar-refractivity contribution in [3.8, 4) is 0 Å². The molecule has 0 bridgehead atoms. The lowest BCUT2D eigenvalue weighted by molar-refractivity contribution is -0.136. The Balaban J connectivity index is 1.33. The van der Waals surface area contributed by atoms with Crippen molar-refractivity contribution in [3.63, 3.8) is 0 Å². The zero-order valence-corrected chi connectivity index (χ0v) is 20.3. The van der Waals surface area contributed by atoms with E-state index in [9.17, 15) is 19.2 Å². The van der Waals surface area contributed by atoms with E-state index >= 15 is 0 Å². The number of anilines is 1. The zero-order chi connectivity index (χ0) is 25.4. The van der Waals surface area contributed by atoms with Crippen LogP contribution in [0.4, 0.5) is 5.69 Å². The van der Waals surface area contributed by atoms with Crippen LogP contribution in [0, 0.1) is 5.92 Å². The molecule has 36 heavy (non-hydrogen) atoms. The van der Waals surface area contributed by atoms with E-state index in [0.29, 0.717) is 48.5 Å². The minimum absolute atomic E-state index is 0.0241. The van der Waals surface area contributed by atoms with Crippen LogP contribution in [-0.4, -0.2) is 69.6 Å². The van der Waals surface area contributed by atoms with Gasteiger partial charge in [-0.05, 0) is 63.1 Å². The molecule has 2 aromatic carbocycles. The van der Waals surface area contributed by atoms with Gasteiger partial charge in [0.15, 0.2) is 11.4 Å². The summed E-state index contributed by atoms with van der Waals surface area (Å²) in [6, 6.07) is 13.4. The van der Waals surface area contributed by atoms with Gasteiger partial charge in [-0.15, -0.1) is 0 Å². The molecule has 9 heteroatoms. The van der Waals surface area contributed by atoms with Gasteiger partial charge in [-0.2, -0.15) is 0 Å². The molecule has 0 radical (unpaired) electrons. The molecule has 1 fully saturated rings. The van der Waals surface area contributed by atoms with E-state index in [-0.39, 0.29) is 29.1 Å². The highest BCUT2D eigenvalue weighted by Gasteiger charge is 2.40. The number of hydrogen-bond donors (Lipinski definition) is 0. The van der Waals surface area contributed by atoms with Crippen LogP contribution in [0.15, 0.2) is 48.5 Å².